The van der Waals surface area contributed by atoms with Gasteiger partial charge in [-0.05, 0) is 36.4 Å². The van der Waals surface area contributed by atoms with Crippen molar-refractivity contribution in [2.24, 2.45) is 0 Å². The highest BCUT2D eigenvalue weighted by atomic mass is 16.5. The number of aromatic nitrogens is 2. The Hall–Kier alpha value is -3.15. The Morgan fingerprint density at radius 3 is 2.46 bits per heavy atom. The molecule has 3 aromatic rings. The van der Waals surface area contributed by atoms with E-state index in [0.717, 1.165) is 11.1 Å². The molecule has 0 aliphatic heterocycles. The molecule has 1 aromatic carbocycles. The van der Waals surface area contributed by atoms with Crippen molar-refractivity contribution in [1.82, 2.24) is 14.9 Å². The lowest BCUT2D eigenvalue weighted by Gasteiger charge is -2.11. The standard InChI is InChI=1S/C18H17N3O3/c1-21(2)17(22)12-23-15-5-3-13(4-6-15)16-11-20-18(24-16)14-7-9-19-10-8-14/h3-11H,12H2,1-2H3. The monoisotopic (exact) mass is 323 g/mol. The highest BCUT2D eigenvalue weighted by Crippen LogP contribution is 2.27. The van der Waals surface area contributed by atoms with Gasteiger partial charge in [0.05, 0.1) is 6.20 Å². The summed E-state index contributed by atoms with van der Waals surface area (Å²) in [5.74, 6) is 1.75. The van der Waals surface area contributed by atoms with Crippen molar-refractivity contribution in [3.63, 3.8) is 0 Å². The first-order valence-corrected chi connectivity index (χ1v) is 7.43. The molecule has 0 N–H and O–H groups in total. The van der Waals surface area contributed by atoms with Crippen molar-refractivity contribution >= 4 is 5.91 Å². The highest BCUT2D eigenvalue weighted by Gasteiger charge is 2.09. The Balaban J connectivity index is 1.70. The molecule has 6 nitrogen and oxygen atoms in total. The van der Waals surface area contributed by atoms with Gasteiger partial charge < -0.3 is 14.1 Å². The van der Waals surface area contributed by atoms with Crippen molar-refractivity contribution < 1.29 is 13.9 Å². The minimum Gasteiger partial charge on any atom is -0.484 e. The fourth-order valence-corrected chi connectivity index (χ4v) is 2.03. The Bertz CT molecular complexity index is 811. The number of likely N-dealkylation sites (N-methyl/N-ethyl adjacent to an activating group) is 1. The first-order chi connectivity index (χ1) is 11.6. The zero-order valence-electron chi connectivity index (χ0n) is 13.5. The van der Waals surface area contributed by atoms with E-state index in [9.17, 15) is 4.79 Å². The second kappa shape index (κ2) is 6.95. The summed E-state index contributed by atoms with van der Waals surface area (Å²) in [5, 5.41) is 0. The lowest BCUT2D eigenvalue weighted by Crippen LogP contribution is -2.27. The van der Waals surface area contributed by atoms with E-state index in [1.54, 1.807) is 44.8 Å². The quantitative estimate of drug-likeness (QED) is 0.722. The summed E-state index contributed by atoms with van der Waals surface area (Å²) in [6.07, 6.45) is 5.07. The molecule has 0 radical (unpaired) electrons. The zero-order valence-corrected chi connectivity index (χ0v) is 13.5. The molecule has 0 saturated carbocycles. The second-order valence-electron chi connectivity index (χ2n) is 5.37. The number of hydrogen-bond donors (Lipinski definition) is 0. The molecule has 0 aliphatic rings. The number of rotatable bonds is 5. The fourth-order valence-electron chi connectivity index (χ4n) is 2.03. The molecule has 0 spiro atoms. The molecule has 6 heteroatoms. The first-order valence-electron chi connectivity index (χ1n) is 7.43. The van der Waals surface area contributed by atoms with Gasteiger partial charge in [-0.25, -0.2) is 4.98 Å². The largest absolute Gasteiger partial charge is 0.484 e. The zero-order chi connectivity index (χ0) is 16.9. The molecule has 0 saturated heterocycles. The predicted molar refractivity (Wildman–Crippen MR) is 89.4 cm³/mol. The Labute approximate surface area is 139 Å². The van der Waals surface area contributed by atoms with Gasteiger partial charge in [0.25, 0.3) is 5.91 Å². The topological polar surface area (TPSA) is 68.5 Å². The van der Waals surface area contributed by atoms with Crippen LogP contribution in [-0.2, 0) is 4.79 Å². The van der Waals surface area contributed by atoms with Crippen LogP contribution in [0.5, 0.6) is 5.75 Å². The first kappa shape index (κ1) is 15.7. The number of hydrogen-bond acceptors (Lipinski definition) is 5. The van der Waals surface area contributed by atoms with Crippen LogP contribution in [0.4, 0.5) is 0 Å². The number of carbonyl (C=O) groups excluding carboxylic acids is 1. The van der Waals surface area contributed by atoms with Gasteiger partial charge >= 0.3 is 0 Å². The van der Waals surface area contributed by atoms with Crippen molar-refractivity contribution in [3.8, 4) is 28.5 Å². The fraction of sp³-hybridized carbons (Fsp3) is 0.167. The number of amides is 1. The maximum absolute atomic E-state index is 11.5. The molecule has 0 bridgehead atoms. The summed E-state index contributed by atoms with van der Waals surface area (Å²) >= 11 is 0. The summed E-state index contributed by atoms with van der Waals surface area (Å²) in [4.78, 5) is 21.3. The SMILES string of the molecule is CN(C)C(=O)COc1ccc(-c2cnc(-c3ccncc3)o2)cc1. The van der Waals surface area contributed by atoms with E-state index in [0.29, 0.717) is 17.4 Å². The van der Waals surface area contributed by atoms with Crippen LogP contribution < -0.4 is 4.74 Å². The van der Waals surface area contributed by atoms with Gasteiger partial charge in [-0.15, -0.1) is 0 Å². The normalized spacial score (nSPS) is 10.4. The lowest BCUT2D eigenvalue weighted by atomic mass is 10.2. The molecular weight excluding hydrogens is 306 g/mol. The minimum absolute atomic E-state index is 0.0147. The number of ether oxygens (including phenoxy) is 1. The Morgan fingerprint density at radius 2 is 1.79 bits per heavy atom. The van der Waals surface area contributed by atoms with E-state index in [4.69, 9.17) is 9.15 Å². The third-order valence-electron chi connectivity index (χ3n) is 3.43. The smallest absolute Gasteiger partial charge is 0.259 e. The van der Waals surface area contributed by atoms with Crippen LogP contribution in [0, 0.1) is 0 Å². The van der Waals surface area contributed by atoms with Gasteiger partial charge in [0.1, 0.15) is 5.75 Å². The van der Waals surface area contributed by atoms with Gasteiger partial charge in [-0.1, -0.05) is 0 Å². The molecule has 1 amide bonds. The molecule has 0 unspecified atom stereocenters. The van der Waals surface area contributed by atoms with Gasteiger partial charge in [0.2, 0.25) is 5.89 Å². The van der Waals surface area contributed by atoms with Crippen LogP contribution >= 0.6 is 0 Å². The average molecular weight is 323 g/mol. The molecular formula is C18H17N3O3. The highest BCUT2D eigenvalue weighted by molar-refractivity contribution is 5.77. The molecule has 24 heavy (non-hydrogen) atoms. The minimum atomic E-state index is -0.0868. The van der Waals surface area contributed by atoms with E-state index in [-0.39, 0.29) is 12.5 Å². The van der Waals surface area contributed by atoms with E-state index in [1.165, 1.54) is 4.90 Å². The van der Waals surface area contributed by atoms with Gasteiger partial charge in [-0.2, -0.15) is 0 Å². The average Bonchev–Trinajstić information content (AvgIpc) is 3.11. The van der Waals surface area contributed by atoms with E-state index >= 15 is 0 Å². The number of carbonyl (C=O) groups is 1. The van der Waals surface area contributed by atoms with Gasteiger partial charge in [0.15, 0.2) is 12.4 Å². The van der Waals surface area contributed by atoms with Crippen LogP contribution in [0.2, 0.25) is 0 Å². The number of benzene rings is 1. The van der Waals surface area contributed by atoms with Crippen LogP contribution in [0.25, 0.3) is 22.8 Å². The van der Waals surface area contributed by atoms with Gasteiger partial charge in [-0.3, -0.25) is 9.78 Å². The summed E-state index contributed by atoms with van der Waals surface area (Å²) in [7, 11) is 3.39. The molecule has 0 fully saturated rings. The van der Waals surface area contributed by atoms with Crippen molar-refractivity contribution in [3.05, 3.63) is 55.0 Å². The molecule has 2 heterocycles. The van der Waals surface area contributed by atoms with Gasteiger partial charge in [0, 0.05) is 37.6 Å². The van der Waals surface area contributed by atoms with E-state index < -0.39 is 0 Å². The van der Waals surface area contributed by atoms with E-state index in [2.05, 4.69) is 9.97 Å². The maximum Gasteiger partial charge on any atom is 0.259 e. The van der Waals surface area contributed by atoms with E-state index in [1.807, 2.05) is 24.3 Å². The third kappa shape index (κ3) is 3.60. The predicted octanol–water partition coefficient (Wildman–Crippen LogP) is 2.87. The summed E-state index contributed by atoms with van der Waals surface area (Å²) < 4.78 is 11.2. The van der Waals surface area contributed by atoms with Crippen molar-refractivity contribution in [1.29, 1.82) is 0 Å². The Kier molecular flexibility index (Phi) is 4.56. The number of oxazole rings is 1. The number of pyridine rings is 1. The van der Waals surface area contributed by atoms with Crippen LogP contribution in [-0.4, -0.2) is 41.5 Å². The molecule has 3 rings (SSSR count). The maximum atomic E-state index is 11.5. The van der Waals surface area contributed by atoms with Crippen LogP contribution in [0.15, 0.2) is 59.4 Å². The molecule has 2 aromatic heterocycles. The Morgan fingerprint density at radius 1 is 1.08 bits per heavy atom. The van der Waals surface area contributed by atoms with Crippen LogP contribution in [0.1, 0.15) is 0 Å². The van der Waals surface area contributed by atoms with Crippen molar-refractivity contribution in [2.75, 3.05) is 20.7 Å². The van der Waals surface area contributed by atoms with Crippen molar-refractivity contribution in [2.45, 2.75) is 0 Å². The second-order valence-corrected chi connectivity index (χ2v) is 5.37. The summed E-state index contributed by atoms with van der Waals surface area (Å²) in [6.45, 7) is 0.0147. The third-order valence-corrected chi connectivity index (χ3v) is 3.43. The number of nitrogens with zero attached hydrogens (tertiary/aromatic N) is 3. The van der Waals surface area contributed by atoms with Crippen LogP contribution in [0.3, 0.4) is 0 Å². The molecule has 0 aliphatic carbocycles. The summed E-state index contributed by atoms with van der Waals surface area (Å²) in [6, 6.07) is 11.0. The molecule has 0 atom stereocenters. The lowest BCUT2D eigenvalue weighted by molar-refractivity contribution is -0.130. The summed E-state index contributed by atoms with van der Waals surface area (Å²) in [5.41, 5.74) is 1.76. The molecule has 122 valence electrons.